The highest BCUT2D eigenvalue weighted by Gasteiger charge is 2.42. The van der Waals surface area contributed by atoms with E-state index in [0.29, 0.717) is 26.2 Å². The Morgan fingerprint density at radius 3 is 2.67 bits per heavy atom. The van der Waals surface area contributed by atoms with Crippen LogP contribution in [0.15, 0.2) is 16.5 Å². The summed E-state index contributed by atoms with van der Waals surface area (Å²) in [4.78, 5) is 34.6. The Labute approximate surface area is 231 Å². The number of rotatable bonds is 15. The lowest BCUT2D eigenvalue weighted by Crippen LogP contribution is -2.44. The number of aromatic nitrogens is 2. The van der Waals surface area contributed by atoms with Crippen molar-refractivity contribution in [3.63, 3.8) is 0 Å². The van der Waals surface area contributed by atoms with Crippen LogP contribution in [0.1, 0.15) is 72.9 Å². The number of hydrogen-bond donors (Lipinski definition) is 3. The standard InChI is InChI=1S/C27H38F3N5O5/c1-17(2)39-16-15-35(13-5-4-8-20-10-9-19-7-6-12-31-24(19)33-20)14-11-21(26(37)38)34-25(36)22-23(27(28,29)30)40-18(3)32-22/h9-10,17,21H,4-8,11-16H2,1-3H3,(H,31,33)(H,34,36)(H,37,38). The van der Waals surface area contributed by atoms with Gasteiger partial charge in [0.05, 0.1) is 12.7 Å². The maximum atomic E-state index is 13.2. The van der Waals surface area contributed by atoms with Crippen molar-refractivity contribution in [3.8, 4) is 0 Å². The van der Waals surface area contributed by atoms with Crippen LogP contribution in [-0.4, -0.2) is 76.8 Å². The number of anilines is 1. The molecule has 3 rings (SSSR count). The lowest BCUT2D eigenvalue weighted by Gasteiger charge is -2.25. The molecule has 3 N–H and O–H groups in total. The largest absolute Gasteiger partial charge is 0.480 e. The topological polar surface area (TPSA) is 130 Å². The van der Waals surface area contributed by atoms with E-state index >= 15 is 0 Å². The monoisotopic (exact) mass is 569 g/mol. The summed E-state index contributed by atoms with van der Waals surface area (Å²) < 4.78 is 49.9. The second-order valence-corrected chi connectivity index (χ2v) is 10.1. The summed E-state index contributed by atoms with van der Waals surface area (Å²) in [6.07, 6.45) is -0.288. The van der Waals surface area contributed by atoms with E-state index in [0.717, 1.165) is 50.2 Å². The predicted molar refractivity (Wildman–Crippen MR) is 141 cm³/mol. The molecule has 2 aromatic heterocycles. The van der Waals surface area contributed by atoms with Gasteiger partial charge in [0, 0.05) is 32.3 Å². The van der Waals surface area contributed by atoms with Crippen molar-refractivity contribution in [1.29, 1.82) is 0 Å². The second-order valence-electron chi connectivity index (χ2n) is 10.1. The molecule has 1 aliphatic heterocycles. The van der Waals surface area contributed by atoms with Crippen LogP contribution in [0.2, 0.25) is 0 Å². The first-order valence-corrected chi connectivity index (χ1v) is 13.6. The molecule has 13 heteroatoms. The number of unbranched alkanes of at least 4 members (excludes halogenated alkanes) is 1. The SMILES string of the molecule is Cc1nc(C(=O)NC(CCN(CCCCc2ccc3c(n2)NCCC3)CCOC(C)C)C(=O)O)c(C(F)(F)F)o1. The minimum absolute atomic E-state index is 0.0149. The van der Waals surface area contributed by atoms with E-state index in [2.05, 4.69) is 32.2 Å². The minimum atomic E-state index is -4.94. The van der Waals surface area contributed by atoms with Crippen LogP contribution >= 0.6 is 0 Å². The Kier molecular flexibility index (Phi) is 11.3. The molecule has 0 aromatic carbocycles. The molecule has 222 valence electrons. The van der Waals surface area contributed by atoms with Crippen LogP contribution in [0.25, 0.3) is 0 Å². The number of halogens is 3. The number of carbonyl (C=O) groups is 2. The maximum absolute atomic E-state index is 13.2. The van der Waals surface area contributed by atoms with Crippen molar-refractivity contribution in [2.45, 2.75) is 77.6 Å². The third-order valence-electron chi connectivity index (χ3n) is 6.51. The van der Waals surface area contributed by atoms with Crippen LogP contribution < -0.4 is 10.6 Å². The first-order valence-electron chi connectivity index (χ1n) is 13.6. The normalized spacial score (nSPS) is 14.2. The average Bonchev–Trinajstić information content (AvgIpc) is 3.30. The lowest BCUT2D eigenvalue weighted by atomic mass is 10.1. The van der Waals surface area contributed by atoms with Gasteiger partial charge in [0.15, 0.2) is 11.6 Å². The summed E-state index contributed by atoms with van der Waals surface area (Å²) in [6.45, 7) is 7.87. The number of nitrogens with zero attached hydrogens (tertiary/aromatic N) is 3. The molecule has 1 aliphatic rings. The van der Waals surface area contributed by atoms with Crippen molar-refractivity contribution < 1.29 is 37.0 Å². The van der Waals surface area contributed by atoms with Crippen molar-refractivity contribution in [2.24, 2.45) is 0 Å². The number of oxazole rings is 1. The van der Waals surface area contributed by atoms with Gasteiger partial charge in [-0.25, -0.2) is 14.8 Å². The van der Waals surface area contributed by atoms with Crippen LogP contribution in [0, 0.1) is 6.92 Å². The molecule has 3 heterocycles. The Morgan fingerprint density at radius 2 is 1.98 bits per heavy atom. The van der Waals surface area contributed by atoms with Gasteiger partial charge in [-0.3, -0.25) is 4.79 Å². The number of carboxylic acids is 1. The number of amides is 1. The van der Waals surface area contributed by atoms with E-state index < -0.39 is 35.5 Å². The predicted octanol–water partition coefficient (Wildman–Crippen LogP) is 4.08. The van der Waals surface area contributed by atoms with Gasteiger partial charge in [-0.1, -0.05) is 6.07 Å². The average molecular weight is 570 g/mol. The molecule has 0 fully saturated rings. The minimum Gasteiger partial charge on any atom is -0.480 e. The maximum Gasteiger partial charge on any atom is 0.452 e. The zero-order chi connectivity index (χ0) is 29.3. The Bertz CT molecular complexity index is 1140. The first-order chi connectivity index (χ1) is 18.9. The van der Waals surface area contributed by atoms with Crippen LogP contribution in [0.4, 0.5) is 19.0 Å². The third-order valence-corrected chi connectivity index (χ3v) is 6.51. The van der Waals surface area contributed by atoms with Crippen molar-refractivity contribution in [2.75, 3.05) is 38.1 Å². The molecule has 1 atom stereocenters. The third kappa shape index (κ3) is 9.47. The zero-order valence-corrected chi connectivity index (χ0v) is 23.1. The summed E-state index contributed by atoms with van der Waals surface area (Å²) in [5.74, 6) is -3.54. The van der Waals surface area contributed by atoms with Crippen LogP contribution in [0.3, 0.4) is 0 Å². The van der Waals surface area contributed by atoms with Crippen molar-refractivity contribution in [3.05, 3.63) is 40.7 Å². The summed E-state index contributed by atoms with van der Waals surface area (Å²) in [6, 6.07) is 2.77. The van der Waals surface area contributed by atoms with Crippen molar-refractivity contribution >= 4 is 17.7 Å². The van der Waals surface area contributed by atoms with E-state index in [-0.39, 0.29) is 18.4 Å². The van der Waals surface area contributed by atoms with Gasteiger partial charge in [-0.05, 0) is 70.5 Å². The number of nitrogens with one attached hydrogen (secondary N) is 2. The van der Waals surface area contributed by atoms with Crippen LogP contribution in [-0.2, 0) is 28.5 Å². The Morgan fingerprint density at radius 1 is 1.20 bits per heavy atom. The van der Waals surface area contributed by atoms with Gasteiger partial charge in [-0.2, -0.15) is 13.2 Å². The quantitative estimate of drug-likeness (QED) is 0.272. The summed E-state index contributed by atoms with van der Waals surface area (Å²) in [5.41, 5.74) is 1.27. The zero-order valence-electron chi connectivity index (χ0n) is 23.1. The number of alkyl halides is 3. The second kappa shape index (κ2) is 14.4. The fourth-order valence-electron chi connectivity index (χ4n) is 4.47. The van der Waals surface area contributed by atoms with E-state index in [9.17, 15) is 27.9 Å². The van der Waals surface area contributed by atoms with E-state index in [4.69, 9.17) is 9.72 Å². The van der Waals surface area contributed by atoms with Crippen LogP contribution in [0.5, 0.6) is 0 Å². The lowest BCUT2D eigenvalue weighted by molar-refractivity contribution is -0.153. The van der Waals surface area contributed by atoms with Gasteiger partial charge in [-0.15, -0.1) is 0 Å². The van der Waals surface area contributed by atoms with Crippen molar-refractivity contribution in [1.82, 2.24) is 20.2 Å². The summed E-state index contributed by atoms with van der Waals surface area (Å²) in [5, 5.41) is 15.2. The highest BCUT2D eigenvalue weighted by Crippen LogP contribution is 2.32. The van der Waals surface area contributed by atoms with E-state index in [1.54, 1.807) is 0 Å². The molecule has 1 unspecified atom stereocenters. The molecule has 0 spiro atoms. The number of pyridine rings is 1. The van der Waals surface area contributed by atoms with Gasteiger partial charge < -0.3 is 29.8 Å². The van der Waals surface area contributed by atoms with Gasteiger partial charge >= 0.3 is 12.1 Å². The molecule has 40 heavy (non-hydrogen) atoms. The van der Waals surface area contributed by atoms with Gasteiger partial charge in [0.1, 0.15) is 11.9 Å². The molecule has 0 saturated carbocycles. The molecular formula is C27H38F3N5O5. The number of carboxylic acid groups (broad SMARTS) is 1. The summed E-state index contributed by atoms with van der Waals surface area (Å²) >= 11 is 0. The fraction of sp³-hybridized carbons (Fsp3) is 0.630. The number of aliphatic carboxylic acids is 1. The van der Waals surface area contributed by atoms with Gasteiger partial charge in [0.25, 0.3) is 5.91 Å². The molecule has 10 nitrogen and oxygen atoms in total. The Balaban J connectivity index is 1.55. The van der Waals surface area contributed by atoms with E-state index in [1.165, 1.54) is 12.5 Å². The summed E-state index contributed by atoms with van der Waals surface area (Å²) in [7, 11) is 0. The smallest absolute Gasteiger partial charge is 0.452 e. The molecule has 0 radical (unpaired) electrons. The number of hydrogen-bond acceptors (Lipinski definition) is 8. The first kappa shape index (κ1) is 31.3. The number of aryl methyl sites for hydroxylation is 3. The molecule has 0 saturated heterocycles. The number of carbonyl (C=O) groups excluding carboxylic acids is 1. The molecular weight excluding hydrogens is 531 g/mol. The molecule has 0 bridgehead atoms. The van der Waals surface area contributed by atoms with E-state index in [1.807, 2.05) is 18.7 Å². The fourth-order valence-corrected chi connectivity index (χ4v) is 4.47. The highest BCUT2D eigenvalue weighted by molar-refractivity contribution is 5.95. The number of ether oxygens (including phenoxy) is 1. The molecule has 1 amide bonds. The number of fused-ring (bicyclic) bond motifs is 1. The Hall–Kier alpha value is -3.19. The molecule has 0 aliphatic carbocycles. The molecule has 2 aromatic rings. The highest BCUT2D eigenvalue weighted by atomic mass is 19.4. The van der Waals surface area contributed by atoms with Gasteiger partial charge in [0.2, 0.25) is 5.76 Å².